The van der Waals surface area contributed by atoms with Gasteiger partial charge in [-0.05, 0) is 38.1 Å². The molecule has 3 aromatic rings. The van der Waals surface area contributed by atoms with E-state index in [0.717, 1.165) is 5.56 Å². The van der Waals surface area contributed by atoms with Gasteiger partial charge in [0.15, 0.2) is 6.29 Å². The zero-order valence-corrected chi connectivity index (χ0v) is 21.7. The third-order valence-corrected chi connectivity index (χ3v) is 4.90. The summed E-state index contributed by atoms with van der Waals surface area (Å²) in [5.74, 6) is 0.150. The molecule has 1 N–H and O–H groups in total. The monoisotopic (exact) mass is 610 g/mol. The molecule has 0 amide bonds. The Morgan fingerprint density at radius 2 is 1.03 bits per heavy atom. The molecule has 3 aromatic carbocycles. The Kier molecular flexibility index (Phi) is 14.9. The van der Waals surface area contributed by atoms with Crippen molar-refractivity contribution in [3.8, 4) is 17.2 Å². The standard InChI is InChI=1S/C9H9BrF2O.C9H10F2O2.C8H6F2O2/c1-6(10)7-4-2-3-5-8(7)13-9(11)12;1-6(12)7-4-2-3-5-8(7)13-9(10)11;9-8(10)12-7-4-2-1-3-6(7)5-11/h2-6,9H,1H3;2-6,9,12H,1H3;1-5,8H. The van der Waals surface area contributed by atoms with Gasteiger partial charge in [-0.15, -0.1) is 0 Å². The van der Waals surface area contributed by atoms with Crippen molar-refractivity contribution in [2.75, 3.05) is 0 Å². The fourth-order valence-electron chi connectivity index (χ4n) is 2.82. The molecule has 208 valence electrons. The van der Waals surface area contributed by atoms with Gasteiger partial charge in [-0.1, -0.05) is 64.5 Å². The summed E-state index contributed by atoms with van der Waals surface area (Å²) in [7, 11) is 0. The Hall–Kier alpha value is -3.25. The number of benzene rings is 3. The molecule has 2 unspecified atom stereocenters. The minimum absolute atomic E-state index is 0.00227. The number of aliphatic hydroxyl groups excluding tert-OH is 1. The fourth-order valence-corrected chi connectivity index (χ4v) is 3.20. The number of alkyl halides is 7. The molecule has 2 atom stereocenters. The lowest BCUT2D eigenvalue weighted by Gasteiger charge is -2.11. The number of aliphatic hydroxyl groups is 1. The van der Waals surface area contributed by atoms with Crippen LogP contribution in [0.15, 0.2) is 72.8 Å². The number of carbonyl (C=O) groups is 1. The van der Waals surface area contributed by atoms with Gasteiger partial charge in [0.1, 0.15) is 17.2 Å². The van der Waals surface area contributed by atoms with E-state index in [4.69, 9.17) is 0 Å². The lowest BCUT2D eigenvalue weighted by molar-refractivity contribution is -0.0518. The van der Waals surface area contributed by atoms with Crippen molar-refractivity contribution in [3.05, 3.63) is 89.5 Å². The average molecular weight is 611 g/mol. The summed E-state index contributed by atoms with van der Waals surface area (Å²) < 4.78 is 83.6. The largest absolute Gasteiger partial charge is 0.435 e. The van der Waals surface area contributed by atoms with Gasteiger partial charge < -0.3 is 19.3 Å². The van der Waals surface area contributed by atoms with Crippen LogP contribution in [0.3, 0.4) is 0 Å². The van der Waals surface area contributed by atoms with E-state index >= 15 is 0 Å². The molecular formula is C26H25BrF6O5. The van der Waals surface area contributed by atoms with Crippen LogP contribution in [0.4, 0.5) is 26.3 Å². The van der Waals surface area contributed by atoms with E-state index < -0.39 is 25.9 Å². The molecule has 0 heterocycles. The molecule has 0 saturated carbocycles. The van der Waals surface area contributed by atoms with Crippen LogP contribution in [0, 0.1) is 0 Å². The van der Waals surface area contributed by atoms with Crippen LogP contribution in [0.5, 0.6) is 17.2 Å². The number of halogens is 7. The maximum atomic E-state index is 11.9. The van der Waals surface area contributed by atoms with Gasteiger partial charge in [0.05, 0.1) is 11.7 Å². The summed E-state index contributed by atoms with van der Waals surface area (Å²) in [5, 5.41) is 9.19. The zero-order valence-electron chi connectivity index (χ0n) is 20.1. The number of hydrogen-bond acceptors (Lipinski definition) is 5. The lowest BCUT2D eigenvalue weighted by atomic mass is 10.1. The van der Waals surface area contributed by atoms with E-state index in [9.17, 15) is 36.2 Å². The molecule has 0 bridgehead atoms. The van der Waals surface area contributed by atoms with Crippen molar-refractivity contribution in [2.24, 2.45) is 0 Å². The Morgan fingerprint density at radius 3 is 1.45 bits per heavy atom. The minimum Gasteiger partial charge on any atom is -0.435 e. The van der Waals surface area contributed by atoms with Crippen LogP contribution in [0.25, 0.3) is 0 Å². The smallest absolute Gasteiger partial charge is 0.387 e. The molecule has 0 aliphatic heterocycles. The van der Waals surface area contributed by atoms with E-state index in [2.05, 4.69) is 30.1 Å². The highest BCUT2D eigenvalue weighted by molar-refractivity contribution is 9.09. The highest BCUT2D eigenvalue weighted by Gasteiger charge is 2.13. The van der Waals surface area contributed by atoms with Gasteiger partial charge in [-0.3, -0.25) is 4.79 Å². The molecular weight excluding hydrogens is 586 g/mol. The molecule has 0 spiro atoms. The third kappa shape index (κ3) is 12.3. The first-order chi connectivity index (χ1) is 18.0. The van der Waals surface area contributed by atoms with Crippen LogP contribution >= 0.6 is 15.9 Å². The first-order valence-corrected chi connectivity index (χ1v) is 11.8. The van der Waals surface area contributed by atoms with Crippen molar-refractivity contribution < 1.29 is 50.5 Å². The first kappa shape index (κ1) is 32.8. The quantitative estimate of drug-likeness (QED) is 0.150. The molecule has 0 aliphatic rings. The second-order valence-corrected chi connectivity index (χ2v) is 8.53. The Bertz CT molecular complexity index is 1040. The van der Waals surface area contributed by atoms with Crippen LogP contribution in [-0.4, -0.2) is 31.2 Å². The fraction of sp³-hybridized carbons (Fsp3) is 0.269. The van der Waals surface area contributed by atoms with Crippen LogP contribution in [0.1, 0.15) is 46.3 Å². The molecule has 0 aromatic heterocycles. The van der Waals surface area contributed by atoms with E-state index in [1.54, 1.807) is 42.5 Å². The highest BCUT2D eigenvalue weighted by atomic mass is 79.9. The number of para-hydroxylation sites is 3. The van der Waals surface area contributed by atoms with Crippen molar-refractivity contribution in [1.29, 1.82) is 0 Å². The van der Waals surface area contributed by atoms with Gasteiger partial charge in [-0.2, -0.15) is 26.3 Å². The van der Waals surface area contributed by atoms with E-state index in [1.807, 2.05) is 6.92 Å². The van der Waals surface area contributed by atoms with Gasteiger partial charge in [0, 0.05) is 16.0 Å². The predicted molar refractivity (Wildman–Crippen MR) is 133 cm³/mol. The zero-order chi connectivity index (χ0) is 28.7. The van der Waals surface area contributed by atoms with Crippen molar-refractivity contribution in [3.63, 3.8) is 0 Å². The maximum absolute atomic E-state index is 11.9. The normalized spacial score (nSPS) is 12.0. The molecule has 5 nitrogen and oxygen atoms in total. The molecule has 0 aliphatic carbocycles. The summed E-state index contributed by atoms with van der Waals surface area (Å²) in [5.41, 5.74) is 1.21. The van der Waals surface area contributed by atoms with E-state index in [0.29, 0.717) is 11.8 Å². The Morgan fingerprint density at radius 1 is 0.658 bits per heavy atom. The molecule has 0 radical (unpaired) electrons. The average Bonchev–Trinajstić information content (AvgIpc) is 2.84. The van der Waals surface area contributed by atoms with Crippen molar-refractivity contribution in [1.82, 2.24) is 0 Å². The predicted octanol–water partition coefficient (Wildman–Crippen LogP) is 8.19. The molecule has 0 saturated heterocycles. The van der Waals surface area contributed by atoms with Crippen molar-refractivity contribution >= 4 is 22.2 Å². The van der Waals surface area contributed by atoms with E-state index in [1.165, 1.54) is 37.3 Å². The molecule has 0 fully saturated rings. The van der Waals surface area contributed by atoms with Crippen LogP contribution < -0.4 is 14.2 Å². The number of ether oxygens (including phenoxy) is 3. The lowest BCUT2D eigenvalue weighted by Crippen LogP contribution is -2.05. The number of carbonyl (C=O) groups excluding carboxylic acids is 1. The van der Waals surface area contributed by atoms with Gasteiger partial charge in [-0.25, -0.2) is 0 Å². The van der Waals surface area contributed by atoms with Gasteiger partial charge >= 0.3 is 19.8 Å². The van der Waals surface area contributed by atoms with Crippen molar-refractivity contribution in [2.45, 2.75) is 44.6 Å². The Balaban J connectivity index is 0.000000285. The number of aldehydes is 1. The van der Waals surface area contributed by atoms with Crippen LogP contribution in [-0.2, 0) is 0 Å². The second kappa shape index (κ2) is 17.3. The van der Waals surface area contributed by atoms with E-state index in [-0.39, 0.29) is 27.6 Å². The van der Waals surface area contributed by atoms with Crippen LogP contribution in [0.2, 0.25) is 0 Å². The maximum Gasteiger partial charge on any atom is 0.387 e. The summed E-state index contributed by atoms with van der Waals surface area (Å²) >= 11 is 3.30. The number of hydrogen-bond donors (Lipinski definition) is 1. The third-order valence-electron chi connectivity index (χ3n) is 4.41. The molecule has 3 rings (SSSR count). The SMILES string of the molecule is CC(Br)c1ccccc1OC(F)F.CC(O)c1ccccc1OC(F)F.O=Cc1ccccc1OC(F)F. The summed E-state index contributed by atoms with van der Waals surface area (Å²) in [6.07, 6.45) is -0.340. The Labute approximate surface area is 224 Å². The minimum atomic E-state index is -2.90. The first-order valence-electron chi connectivity index (χ1n) is 10.8. The molecule has 12 heteroatoms. The topological polar surface area (TPSA) is 65.0 Å². The van der Waals surface area contributed by atoms with Gasteiger partial charge in [0.25, 0.3) is 0 Å². The summed E-state index contributed by atoms with van der Waals surface area (Å²) in [6.45, 7) is -5.18. The summed E-state index contributed by atoms with van der Waals surface area (Å²) in [4.78, 5) is 10.3. The number of rotatable bonds is 9. The second-order valence-electron chi connectivity index (χ2n) is 7.16. The van der Waals surface area contributed by atoms with Gasteiger partial charge in [0.2, 0.25) is 0 Å². The molecule has 38 heavy (non-hydrogen) atoms. The highest BCUT2D eigenvalue weighted by Crippen LogP contribution is 2.31. The summed E-state index contributed by atoms with van der Waals surface area (Å²) in [6, 6.07) is 18.7.